The van der Waals surface area contributed by atoms with Crippen molar-refractivity contribution in [3.05, 3.63) is 65.7 Å². The summed E-state index contributed by atoms with van der Waals surface area (Å²) >= 11 is 0. The lowest BCUT2D eigenvalue weighted by atomic mass is 9.97. The minimum atomic E-state index is -1.66. The van der Waals surface area contributed by atoms with Crippen LogP contribution < -0.4 is 28.0 Å². The fourth-order valence-electron chi connectivity index (χ4n) is 5.22. The van der Waals surface area contributed by atoms with Crippen molar-refractivity contribution in [3.63, 3.8) is 0 Å². The van der Waals surface area contributed by atoms with Crippen LogP contribution in [0, 0.1) is 0 Å². The summed E-state index contributed by atoms with van der Waals surface area (Å²) in [5.74, 6) is 0. The van der Waals surface area contributed by atoms with Gasteiger partial charge >= 0.3 is 0 Å². The molecule has 0 saturated carbocycles. The van der Waals surface area contributed by atoms with E-state index in [1.807, 2.05) is 0 Å². The highest BCUT2D eigenvalue weighted by atomic mass is 16.5. The van der Waals surface area contributed by atoms with Gasteiger partial charge in [0.15, 0.2) is 6.23 Å². The second-order valence-corrected chi connectivity index (χ2v) is 8.45. The first kappa shape index (κ1) is 20.9. The normalized spacial score (nSPS) is 25.8. The van der Waals surface area contributed by atoms with Crippen molar-refractivity contribution in [2.45, 2.75) is 30.6 Å². The van der Waals surface area contributed by atoms with Gasteiger partial charge in [-0.3, -0.25) is 29.1 Å². The van der Waals surface area contributed by atoms with Gasteiger partial charge < -0.3 is 30.4 Å². The topological polar surface area (TPSA) is 201 Å². The lowest BCUT2D eigenvalue weighted by Crippen LogP contribution is -2.57. The van der Waals surface area contributed by atoms with Crippen molar-refractivity contribution < 1.29 is 20.1 Å². The third kappa shape index (κ3) is 2.43. The Bertz CT molecular complexity index is 1840. The Hall–Kier alpha value is -3.68. The summed E-state index contributed by atoms with van der Waals surface area (Å²) in [5, 5.41) is 31.6. The standard InChI is InChI=1S/C22H18N4O8/c23-5-8-15(27)16(28)17(29)22(34-8)26-7-4-2-1-3-6(7)9-10-11(19(31)24-18(10)30)12-13(14(9)26)21(33)25-20(12)32/h1-4,8,15-17,22,27-29H,5,23H2,(H,24,30,31)(H,25,32,33)/t8-,15-,16+,17-,22-/m1/s1. The monoisotopic (exact) mass is 466 g/mol. The molecule has 1 aliphatic heterocycles. The van der Waals surface area contributed by atoms with E-state index in [0.29, 0.717) is 10.9 Å². The largest absolute Gasteiger partial charge is 0.388 e. The molecule has 1 saturated heterocycles. The molecular formula is C22H18N4O8. The number of hydrogen-bond donors (Lipinski definition) is 6. The maximum atomic E-state index is 12.9. The Labute approximate surface area is 187 Å². The molecule has 174 valence electrons. The molecule has 0 amide bonds. The second kappa shape index (κ2) is 6.91. The fraction of sp³-hybridized carbons (Fsp3) is 0.273. The average molecular weight is 466 g/mol. The van der Waals surface area contributed by atoms with Gasteiger partial charge in [-0.1, -0.05) is 18.2 Å². The zero-order valence-electron chi connectivity index (χ0n) is 17.3. The lowest BCUT2D eigenvalue weighted by Gasteiger charge is -2.41. The molecule has 3 aromatic heterocycles. The van der Waals surface area contributed by atoms with Crippen molar-refractivity contribution in [2.75, 3.05) is 6.54 Å². The zero-order chi connectivity index (χ0) is 24.0. The number of H-pyrrole nitrogens is 2. The summed E-state index contributed by atoms with van der Waals surface area (Å²) in [4.78, 5) is 55.4. The van der Waals surface area contributed by atoms with Gasteiger partial charge in [0.1, 0.15) is 24.4 Å². The molecule has 0 spiro atoms. The number of rotatable bonds is 2. The molecule has 5 aromatic rings. The number of aromatic amines is 2. The molecule has 0 aliphatic carbocycles. The number of aliphatic hydroxyl groups excluding tert-OH is 3. The summed E-state index contributed by atoms with van der Waals surface area (Å²) in [5.41, 5.74) is 3.02. The van der Waals surface area contributed by atoms with E-state index in [0.717, 1.165) is 0 Å². The Kier molecular flexibility index (Phi) is 4.25. The van der Waals surface area contributed by atoms with Crippen molar-refractivity contribution >= 4 is 43.4 Å². The van der Waals surface area contributed by atoms with Crippen molar-refractivity contribution in [2.24, 2.45) is 5.73 Å². The fourth-order valence-corrected chi connectivity index (χ4v) is 5.22. The van der Waals surface area contributed by atoms with E-state index in [1.165, 1.54) is 4.57 Å². The molecular weight excluding hydrogens is 448 g/mol. The van der Waals surface area contributed by atoms with Crippen molar-refractivity contribution in [1.29, 1.82) is 0 Å². The first-order valence-electron chi connectivity index (χ1n) is 10.5. The van der Waals surface area contributed by atoms with Crippen molar-refractivity contribution in [1.82, 2.24) is 14.5 Å². The van der Waals surface area contributed by atoms with E-state index in [-0.39, 0.29) is 39.0 Å². The van der Waals surface area contributed by atoms with Crippen LogP contribution >= 0.6 is 0 Å². The van der Waals surface area contributed by atoms with Crippen LogP contribution in [0.5, 0.6) is 0 Å². The highest BCUT2D eigenvalue weighted by molar-refractivity contribution is 6.31. The molecule has 4 heterocycles. The van der Waals surface area contributed by atoms with E-state index in [4.69, 9.17) is 10.5 Å². The molecule has 0 radical (unpaired) electrons. The van der Waals surface area contributed by atoms with E-state index < -0.39 is 52.9 Å². The number of hydrogen-bond acceptors (Lipinski definition) is 9. The summed E-state index contributed by atoms with van der Waals surface area (Å²) in [6.45, 7) is -0.179. The molecule has 2 aromatic carbocycles. The van der Waals surface area contributed by atoms with Crippen LogP contribution in [0.15, 0.2) is 43.4 Å². The van der Waals surface area contributed by atoms with Crippen LogP contribution in [0.25, 0.3) is 43.4 Å². The highest BCUT2D eigenvalue weighted by Crippen LogP contribution is 2.41. The SMILES string of the molecule is NC[C@H]1O[C@@H](n2c3ccccc3c3c4c(=O)[nH]c(=O)c4c4c(=O)[nH]c(=O)c4c32)[C@H](O)[C@@H](O)[C@@H]1O. The minimum absolute atomic E-state index is 0.0696. The third-order valence-electron chi connectivity index (χ3n) is 6.68. The molecule has 12 nitrogen and oxygen atoms in total. The number of nitrogens with zero attached hydrogens (tertiary/aromatic N) is 1. The Morgan fingerprint density at radius 2 is 1.35 bits per heavy atom. The molecule has 6 rings (SSSR count). The van der Waals surface area contributed by atoms with E-state index in [9.17, 15) is 34.5 Å². The summed E-state index contributed by atoms with van der Waals surface area (Å²) in [6.07, 6.45) is -7.15. The Morgan fingerprint density at radius 3 is 2.00 bits per heavy atom. The first-order valence-corrected chi connectivity index (χ1v) is 10.5. The average Bonchev–Trinajstić information content (AvgIpc) is 3.41. The number of para-hydroxylation sites is 1. The molecule has 1 fully saturated rings. The van der Waals surface area contributed by atoms with Gasteiger partial charge in [-0.05, 0) is 6.07 Å². The van der Waals surface area contributed by atoms with Crippen LogP contribution in [0.3, 0.4) is 0 Å². The smallest absolute Gasteiger partial charge is 0.261 e. The molecule has 34 heavy (non-hydrogen) atoms. The summed E-state index contributed by atoms with van der Waals surface area (Å²) in [6, 6.07) is 6.66. The Balaban J connectivity index is 1.90. The predicted octanol–water partition coefficient (Wildman–Crippen LogP) is -1.99. The summed E-state index contributed by atoms with van der Waals surface area (Å²) < 4.78 is 7.28. The predicted molar refractivity (Wildman–Crippen MR) is 122 cm³/mol. The van der Waals surface area contributed by atoms with Gasteiger partial charge in [-0.25, -0.2) is 0 Å². The van der Waals surface area contributed by atoms with E-state index in [1.54, 1.807) is 24.3 Å². The van der Waals surface area contributed by atoms with Crippen LogP contribution in [0.4, 0.5) is 0 Å². The number of ether oxygens (including phenoxy) is 1. The van der Waals surface area contributed by atoms with Gasteiger partial charge in [0.05, 0.1) is 32.6 Å². The van der Waals surface area contributed by atoms with E-state index in [2.05, 4.69) is 9.97 Å². The number of benzene rings is 2. The van der Waals surface area contributed by atoms with Gasteiger partial charge in [0.2, 0.25) is 0 Å². The van der Waals surface area contributed by atoms with Crippen LogP contribution in [-0.2, 0) is 4.74 Å². The molecule has 0 unspecified atom stereocenters. The molecule has 1 aliphatic rings. The van der Waals surface area contributed by atoms with Gasteiger partial charge in [-0.2, -0.15) is 0 Å². The van der Waals surface area contributed by atoms with Crippen molar-refractivity contribution in [3.8, 4) is 0 Å². The van der Waals surface area contributed by atoms with Gasteiger partial charge in [0, 0.05) is 17.3 Å². The summed E-state index contributed by atoms with van der Waals surface area (Å²) in [7, 11) is 0. The maximum Gasteiger partial charge on any atom is 0.261 e. The number of fused-ring (bicyclic) bond motifs is 8. The van der Waals surface area contributed by atoms with Gasteiger partial charge in [-0.15, -0.1) is 0 Å². The molecule has 7 N–H and O–H groups in total. The zero-order valence-corrected chi connectivity index (χ0v) is 17.3. The maximum absolute atomic E-state index is 12.9. The second-order valence-electron chi connectivity index (χ2n) is 8.45. The molecule has 5 atom stereocenters. The van der Waals surface area contributed by atoms with E-state index >= 15 is 0 Å². The Morgan fingerprint density at radius 1 is 0.794 bits per heavy atom. The number of aromatic nitrogens is 3. The highest BCUT2D eigenvalue weighted by Gasteiger charge is 2.45. The number of nitrogens with one attached hydrogen (secondary N) is 2. The minimum Gasteiger partial charge on any atom is -0.388 e. The van der Waals surface area contributed by atoms with Crippen LogP contribution in [-0.4, -0.2) is 60.8 Å². The number of aliphatic hydroxyl groups is 3. The van der Waals surface area contributed by atoms with Crippen LogP contribution in [0.2, 0.25) is 0 Å². The lowest BCUT2D eigenvalue weighted by molar-refractivity contribution is -0.240. The van der Waals surface area contributed by atoms with Gasteiger partial charge in [0.25, 0.3) is 22.2 Å². The quantitative estimate of drug-likeness (QED) is 0.170. The number of nitrogens with two attached hydrogens (primary N) is 1. The first-order chi connectivity index (χ1) is 16.3. The molecule has 12 heteroatoms. The van der Waals surface area contributed by atoms with Crippen LogP contribution in [0.1, 0.15) is 6.23 Å². The third-order valence-corrected chi connectivity index (χ3v) is 6.68. The molecule has 0 bridgehead atoms.